The molecule has 0 aliphatic heterocycles. The van der Waals surface area contributed by atoms with Gasteiger partial charge in [-0.1, -0.05) is 18.2 Å². The van der Waals surface area contributed by atoms with Crippen LogP contribution in [0, 0.1) is 6.92 Å². The monoisotopic (exact) mass is 187 g/mol. The molecule has 0 fully saturated rings. The number of carbonyl (C=O) groups excluding carboxylic acids is 1. The minimum Gasteiger partial charge on any atom is -0.338 e. The number of hydrogen-bond donors (Lipinski definition) is 0. The number of rotatable bonds is 2. The Balaban J connectivity index is 2.88. The lowest BCUT2D eigenvalue weighted by Gasteiger charge is -2.05. The highest BCUT2D eigenvalue weighted by atomic mass is 16.1. The van der Waals surface area contributed by atoms with E-state index in [0.717, 1.165) is 23.9 Å². The van der Waals surface area contributed by atoms with Gasteiger partial charge in [0.25, 0.3) is 0 Å². The molecule has 2 rings (SSSR count). The molecule has 0 spiro atoms. The molecule has 0 bridgehead atoms. The van der Waals surface area contributed by atoms with E-state index in [-0.39, 0.29) is 0 Å². The fraction of sp³-hybridized carbons (Fsp3) is 0.250. The number of fused-ring (bicyclic) bond motifs is 1. The fourth-order valence-electron chi connectivity index (χ4n) is 1.97. The molecule has 2 nitrogen and oxygen atoms in total. The summed E-state index contributed by atoms with van der Waals surface area (Å²) in [5.74, 6) is 0. The topological polar surface area (TPSA) is 22.0 Å². The van der Waals surface area contributed by atoms with E-state index in [1.165, 1.54) is 11.1 Å². The minimum absolute atomic E-state index is 0.761. The molecule has 0 radical (unpaired) electrons. The SMILES string of the molecule is CCn1c(C=O)cc2cccc(C)c21. The highest BCUT2D eigenvalue weighted by molar-refractivity contribution is 5.90. The van der Waals surface area contributed by atoms with Gasteiger partial charge >= 0.3 is 0 Å². The Labute approximate surface area is 83.2 Å². The van der Waals surface area contributed by atoms with Crippen molar-refractivity contribution in [3.05, 3.63) is 35.5 Å². The molecule has 0 N–H and O–H groups in total. The standard InChI is InChI=1S/C12H13NO/c1-3-13-11(8-14)7-10-6-4-5-9(2)12(10)13/h4-8H,3H2,1-2H3. The molecule has 0 aliphatic carbocycles. The Hall–Kier alpha value is -1.57. The molecule has 0 amide bonds. The molecule has 0 aliphatic rings. The molecule has 0 atom stereocenters. The lowest BCUT2D eigenvalue weighted by molar-refractivity contribution is 0.111. The summed E-state index contributed by atoms with van der Waals surface area (Å²) in [5.41, 5.74) is 3.16. The first kappa shape index (κ1) is 9.00. The third kappa shape index (κ3) is 1.15. The zero-order valence-electron chi connectivity index (χ0n) is 8.45. The molecule has 14 heavy (non-hydrogen) atoms. The number of aryl methyl sites for hydroxylation is 2. The van der Waals surface area contributed by atoms with Crippen molar-refractivity contribution in [1.82, 2.24) is 4.57 Å². The Morgan fingerprint density at radius 3 is 2.86 bits per heavy atom. The van der Waals surface area contributed by atoms with E-state index in [0.29, 0.717) is 0 Å². The van der Waals surface area contributed by atoms with Gasteiger partial charge in [-0.25, -0.2) is 0 Å². The molecule has 2 aromatic rings. The molecule has 1 aromatic heterocycles. The van der Waals surface area contributed by atoms with Crippen molar-refractivity contribution in [2.75, 3.05) is 0 Å². The van der Waals surface area contributed by atoms with Crippen LogP contribution in [-0.2, 0) is 6.54 Å². The van der Waals surface area contributed by atoms with Crippen LogP contribution in [0.4, 0.5) is 0 Å². The molecule has 72 valence electrons. The molecule has 0 unspecified atom stereocenters. The zero-order chi connectivity index (χ0) is 10.1. The van der Waals surface area contributed by atoms with Crippen molar-refractivity contribution >= 4 is 17.2 Å². The van der Waals surface area contributed by atoms with Gasteiger partial charge in [0.1, 0.15) is 0 Å². The van der Waals surface area contributed by atoms with Crippen molar-refractivity contribution in [1.29, 1.82) is 0 Å². The van der Waals surface area contributed by atoms with Crippen LogP contribution < -0.4 is 0 Å². The van der Waals surface area contributed by atoms with Gasteiger partial charge in [-0.2, -0.15) is 0 Å². The maximum Gasteiger partial charge on any atom is 0.166 e. The smallest absolute Gasteiger partial charge is 0.166 e. The number of hydrogen-bond acceptors (Lipinski definition) is 1. The van der Waals surface area contributed by atoms with E-state index in [1.54, 1.807) is 0 Å². The van der Waals surface area contributed by atoms with Gasteiger partial charge in [0.05, 0.1) is 11.2 Å². The van der Waals surface area contributed by atoms with Gasteiger partial charge < -0.3 is 4.57 Å². The second-order valence-electron chi connectivity index (χ2n) is 3.44. The third-order valence-corrected chi connectivity index (χ3v) is 2.59. The number of aldehydes is 1. The Morgan fingerprint density at radius 2 is 2.21 bits per heavy atom. The summed E-state index contributed by atoms with van der Waals surface area (Å²) in [7, 11) is 0. The van der Waals surface area contributed by atoms with E-state index in [2.05, 4.69) is 24.5 Å². The summed E-state index contributed by atoms with van der Waals surface area (Å²) >= 11 is 0. The molecular formula is C12H13NO. The van der Waals surface area contributed by atoms with Crippen LogP contribution in [0.1, 0.15) is 23.0 Å². The van der Waals surface area contributed by atoms with Crippen molar-refractivity contribution in [2.24, 2.45) is 0 Å². The second kappa shape index (κ2) is 3.29. The number of carbonyl (C=O) groups is 1. The maximum atomic E-state index is 10.8. The first-order valence-electron chi connectivity index (χ1n) is 4.82. The predicted molar refractivity (Wildman–Crippen MR) is 57.7 cm³/mol. The average molecular weight is 187 g/mol. The summed E-state index contributed by atoms with van der Waals surface area (Å²) < 4.78 is 2.05. The van der Waals surface area contributed by atoms with Crippen molar-refractivity contribution < 1.29 is 4.79 Å². The zero-order valence-corrected chi connectivity index (χ0v) is 8.45. The van der Waals surface area contributed by atoms with Crippen molar-refractivity contribution in [3.63, 3.8) is 0 Å². The molecule has 0 saturated carbocycles. The van der Waals surface area contributed by atoms with E-state index in [9.17, 15) is 4.79 Å². The number of aromatic nitrogens is 1. The second-order valence-corrected chi connectivity index (χ2v) is 3.44. The van der Waals surface area contributed by atoms with Crippen LogP contribution in [0.2, 0.25) is 0 Å². The van der Waals surface area contributed by atoms with Crippen molar-refractivity contribution in [3.8, 4) is 0 Å². The van der Waals surface area contributed by atoms with E-state index >= 15 is 0 Å². The number of benzene rings is 1. The lowest BCUT2D eigenvalue weighted by Crippen LogP contribution is -1.99. The van der Waals surface area contributed by atoms with Gasteiger partial charge in [0, 0.05) is 11.9 Å². The van der Waals surface area contributed by atoms with Crippen LogP contribution in [0.25, 0.3) is 10.9 Å². The van der Waals surface area contributed by atoms with Crippen LogP contribution in [0.3, 0.4) is 0 Å². The highest BCUT2D eigenvalue weighted by Gasteiger charge is 2.07. The molecule has 1 aromatic carbocycles. The normalized spacial score (nSPS) is 10.7. The number of nitrogens with zero attached hydrogens (tertiary/aromatic N) is 1. The van der Waals surface area contributed by atoms with E-state index < -0.39 is 0 Å². The van der Waals surface area contributed by atoms with Crippen LogP contribution in [0.5, 0.6) is 0 Å². The van der Waals surface area contributed by atoms with Gasteiger partial charge in [-0.05, 0) is 25.5 Å². The highest BCUT2D eigenvalue weighted by Crippen LogP contribution is 2.22. The van der Waals surface area contributed by atoms with Gasteiger partial charge in [-0.15, -0.1) is 0 Å². The van der Waals surface area contributed by atoms with Crippen LogP contribution >= 0.6 is 0 Å². The van der Waals surface area contributed by atoms with Crippen LogP contribution in [-0.4, -0.2) is 10.9 Å². The summed E-state index contributed by atoms with van der Waals surface area (Å²) in [6, 6.07) is 8.08. The molecule has 0 saturated heterocycles. The van der Waals surface area contributed by atoms with E-state index in [1.807, 2.05) is 18.2 Å². The Bertz CT molecular complexity index is 482. The van der Waals surface area contributed by atoms with Gasteiger partial charge in [0.2, 0.25) is 0 Å². The maximum absolute atomic E-state index is 10.8. The predicted octanol–water partition coefficient (Wildman–Crippen LogP) is 2.78. The first-order valence-corrected chi connectivity index (χ1v) is 4.82. The minimum atomic E-state index is 0.761. The largest absolute Gasteiger partial charge is 0.338 e. The summed E-state index contributed by atoms with van der Waals surface area (Å²) in [5, 5.41) is 1.15. The molecular weight excluding hydrogens is 174 g/mol. The van der Waals surface area contributed by atoms with Gasteiger partial charge in [0.15, 0.2) is 6.29 Å². The molecule has 2 heteroatoms. The molecule has 1 heterocycles. The summed E-state index contributed by atoms with van der Waals surface area (Å²) in [6.45, 7) is 4.96. The Kier molecular flexibility index (Phi) is 2.12. The fourth-order valence-corrected chi connectivity index (χ4v) is 1.97. The van der Waals surface area contributed by atoms with Crippen LogP contribution in [0.15, 0.2) is 24.3 Å². The third-order valence-electron chi connectivity index (χ3n) is 2.59. The van der Waals surface area contributed by atoms with Gasteiger partial charge in [-0.3, -0.25) is 4.79 Å². The summed E-state index contributed by atoms with van der Waals surface area (Å²) in [4.78, 5) is 10.8. The Morgan fingerprint density at radius 1 is 1.43 bits per heavy atom. The lowest BCUT2D eigenvalue weighted by atomic mass is 10.2. The first-order chi connectivity index (χ1) is 6.77. The van der Waals surface area contributed by atoms with E-state index in [4.69, 9.17) is 0 Å². The van der Waals surface area contributed by atoms with Crippen molar-refractivity contribution in [2.45, 2.75) is 20.4 Å². The number of para-hydroxylation sites is 1. The average Bonchev–Trinajstić information content (AvgIpc) is 2.56. The summed E-state index contributed by atoms with van der Waals surface area (Å²) in [6.07, 6.45) is 0.920. The quantitative estimate of drug-likeness (QED) is 0.662.